The SMILES string of the molecule is Cc1ccc([C@@H]2[C@@H](S(=O)(=O)c3ccc(Cl)cc3)[C@]2(N)CN)cc1. The highest BCUT2D eigenvalue weighted by molar-refractivity contribution is 7.92. The number of rotatable bonds is 4. The van der Waals surface area contributed by atoms with Gasteiger partial charge in [0.2, 0.25) is 0 Å². The Bertz CT molecular complexity index is 819. The van der Waals surface area contributed by atoms with Gasteiger partial charge in [0.15, 0.2) is 9.84 Å². The lowest BCUT2D eigenvalue weighted by Crippen LogP contribution is -2.39. The first-order chi connectivity index (χ1) is 10.8. The van der Waals surface area contributed by atoms with Crippen LogP contribution in [0.15, 0.2) is 53.4 Å². The fourth-order valence-electron chi connectivity index (χ4n) is 3.16. The maximum absolute atomic E-state index is 13.0. The Kier molecular flexibility index (Phi) is 4.01. The van der Waals surface area contributed by atoms with Gasteiger partial charge in [-0.3, -0.25) is 0 Å². The first kappa shape index (κ1) is 16.5. The van der Waals surface area contributed by atoms with E-state index in [0.29, 0.717) is 5.02 Å². The van der Waals surface area contributed by atoms with Crippen molar-refractivity contribution in [3.05, 3.63) is 64.7 Å². The van der Waals surface area contributed by atoms with Gasteiger partial charge in [-0.15, -0.1) is 0 Å². The molecule has 4 nitrogen and oxygen atoms in total. The van der Waals surface area contributed by atoms with Crippen LogP contribution in [0.25, 0.3) is 0 Å². The largest absolute Gasteiger partial charge is 0.329 e. The highest BCUT2D eigenvalue weighted by atomic mass is 35.5. The molecule has 3 atom stereocenters. The smallest absolute Gasteiger partial charge is 0.183 e. The van der Waals surface area contributed by atoms with E-state index in [1.165, 1.54) is 12.1 Å². The van der Waals surface area contributed by atoms with Gasteiger partial charge in [0.25, 0.3) is 0 Å². The van der Waals surface area contributed by atoms with Crippen molar-refractivity contribution < 1.29 is 8.42 Å². The summed E-state index contributed by atoms with van der Waals surface area (Å²) < 4.78 is 25.9. The molecule has 0 amide bonds. The lowest BCUT2D eigenvalue weighted by molar-refractivity contribution is 0.586. The Labute approximate surface area is 141 Å². The standard InChI is InChI=1S/C17H19ClN2O2S/c1-11-2-4-12(5-3-11)15-16(17(15,20)10-19)23(21,22)14-8-6-13(18)7-9-14/h2-9,15-16H,10,19-20H2,1H3/t15-,16-,17+/m1/s1. The van der Waals surface area contributed by atoms with Gasteiger partial charge in [-0.25, -0.2) is 8.42 Å². The summed E-state index contributed by atoms with van der Waals surface area (Å²) in [5, 5.41) is -0.225. The average Bonchev–Trinajstić information content (AvgIpc) is 3.16. The molecule has 1 fully saturated rings. The van der Waals surface area contributed by atoms with Crippen LogP contribution in [0, 0.1) is 6.92 Å². The number of aryl methyl sites for hydroxylation is 1. The molecule has 0 saturated heterocycles. The third-order valence-electron chi connectivity index (χ3n) is 4.57. The van der Waals surface area contributed by atoms with Gasteiger partial charge in [0.05, 0.1) is 15.7 Å². The average molecular weight is 351 g/mol. The van der Waals surface area contributed by atoms with Crippen LogP contribution in [-0.4, -0.2) is 25.8 Å². The van der Waals surface area contributed by atoms with Gasteiger partial charge < -0.3 is 11.5 Å². The Morgan fingerprint density at radius 3 is 2.17 bits per heavy atom. The summed E-state index contributed by atoms with van der Waals surface area (Å²) in [5.74, 6) is -0.297. The van der Waals surface area contributed by atoms with Crippen molar-refractivity contribution in [1.82, 2.24) is 0 Å². The molecular weight excluding hydrogens is 332 g/mol. The zero-order valence-electron chi connectivity index (χ0n) is 12.7. The normalized spacial score (nSPS) is 27.0. The van der Waals surface area contributed by atoms with E-state index in [9.17, 15) is 8.42 Å². The van der Waals surface area contributed by atoms with Crippen LogP contribution in [0.3, 0.4) is 0 Å². The summed E-state index contributed by atoms with van der Waals surface area (Å²) in [5.41, 5.74) is 13.2. The lowest BCUT2D eigenvalue weighted by atomic mass is 10.1. The van der Waals surface area contributed by atoms with Crippen LogP contribution in [0.1, 0.15) is 17.0 Å². The van der Waals surface area contributed by atoms with Crippen LogP contribution >= 0.6 is 11.6 Å². The monoisotopic (exact) mass is 350 g/mol. The van der Waals surface area contributed by atoms with E-state index in [4.69, 9.17) is 23.1 Å². The zero-order chi connectivity index (χ0) is 16.8. The molecule has 1 aliphatic rings. The minimum absolute atomic E-state index is 0.114. The van der Waals surface area contributed by atoms with Crippen LogP contribution in [0.5, 0.6) is 0 Å². The second kappa shape index (κ2) is 5.60. The molecule has 122 valence electrons. The maximum atomic E-state index is 13.0. The second-order valence-electron chi connectivity index (χ2n) is 6.12. The molecule has 0 radical (unpaired) electrons. The first-order valence-electron chi connectivity index (χ1n) is 7.35. The number of hydrogen-bond acceptors (Lipinski definition) is 4. The van der Waals surface area contributed by atoms with E-state index in [2.05, 4.69) is 0 Å². The van der Waals surface area contributed by atoms with E-state index in [-0.39, 0.29) is 17.4 Å². The number of nitrogens with two attached hydrogens (primary N) is 2. The molecule has 0 spiro atoms. The number of benzene rings is 2. The molecule has 1 aliphatic carbocycles. The van der Waals surface area contributed by atoms with Crippen molar-refractivity contribution in [3.8, 4) is 0 Å². The lowest BCUT2D eigenvalue weighted by Gasteiger charge is -2.09. The van der Waals surface area contributed by atoms with E-state index >= 15 is 0 Å². The summed E-state index contributed by atoms with van der Waals surface area (Å²) in [6.45, 7) is 2.10. The Hall–Kier alpha value is -1.40. The highest BCUT2D eigenvalue weighted by Gasteiger charge is 2.68. The van der Waals surface area contributed by atoms with E-state index in [1.54, 1.807) is 12.1 Å². The molecule has 0 aliphatic heterocycles. The molecule has 23 heavy (non-hydrogen) atoms. The summed E-state index contributed by atoms with van der Waals surface area (Å²) in [4.78, 5) is 0.227. The predicted octanol–water partition coefficient (Wildman–Crippen LogP) is 2.24. The fourth-order valence-corrected chi connectivity index (χ4v) is 5.61. The van der Waals surface area contributed by atoms with Gasteiger partial charge in [0, 0.05) is 17.5 Å². The van der Waals surface area contributed by atoms with Gasteiger partial charge >= 0.3 is 0 Å². The van der Waals surface area contributed by atoms with Crippen molar-refractivity contribution in [1.29, 1.82) is 0 Å². The number of sulfone groups is 1. The third kappa shape index (κ3) is 2.68. The topological polar surface area (TPSA) is 86.2 Å². The van der Waals surface area contributed by atoms with Crippen LogP contribution < -0.4 is 11.5 Å². The molecule has 4 N–H and O–H groups in total. The van der Waals surface area contributed by atoms with Gasteiger partial charge in [-0.1, -0.05) is 41.4 Å². The molecular formula is C17H19ClN2O2S. The maximum Gasteiger partial charge on any atom is 0.183 e. The molecule has 1 saturated carbocycles. The van der Waals surface area contributed by atoms with E-state index in [1.807, 2.05) is 31.2 Å². The van der Waals surface area contributed by atoms with Crippen LogP contribution in [0.4, 0.5) is 0 Å². The first-order valence-corrected chi connectivity index (χ1v) is 9.28. The van der Waals surface area contributed by atoms with Crippen molar-refractivity contribution in [2.75, 3.05) is 6.54 Å². The molecule has 0 aromatic heterocycles. The number of hydrogen-bond donors (Lipinski definition) is 2. The van der Waals surface area contributed by atoms with Crippen molar-refractivity contribution in [2.24, 2.45) is 11.5 Å². The summed E-state index contributed by atoms with van der Waals surface area (Å²) in [6, 6.07) is 13.9. The van der Waals surface area contributed by atoms with Crippen LogP contribution in [-0.2, 0) is 9.84 Å². The molecule has 2 aromatic carbocycles. The minimum atomic E-state index is -3.57. The fraction of sp³-hybridized carbons (Fsp3) is 0.294. The van der Waals surface area contributed by atoms with Crippen LogP contribution in [0.2, 0.25) is 5.02 Å². The second-order valence-corrected chi connectivity index (χ2v) is 8.63. The Morgan fingerprint density at radius 1 is 1.09 bits per heavy atom. The third-order valence-corrected chi connectivity index (χ3v) is 7.13. The van der Waals surface area contributed by atoms with E-state index < -0.39 is 20.6 Å². The molecule has 6 heteroatoms. The van der Waals surface area contributed by atoms with Crippen molar-refractivity contribution >= 4 is 21.4 Å². The minimum Gasteiger partial charge on any atom is -0.329 e. The van der Waals surface area contributed by atoms with Crippen molar-refractivity contribution in [3.63, 3.8) is 0 Å². The molecule has 2 aromatic rings. The summed E-state index contributed by atoms with van der Waals surface area (Å²) in [7, 11) is -3.57. The molecule has 0 bridgehead atoms. The molecule has 0 heterocycles. The highest BCUT2D eigenvalue weighted by Crippen LogP contribution is 2.55. The number of halogens is 1. The predicted molar refractivity (Wildman–Crippen MR) is 92.3 cm³/mol. The van der Waals surface area contributed by atoms with Crippen molar-refractivity contribution in [2.45, 2.75) is 28.5 Å². The van der Waals surface area contributed by atoms with E-state index in [0.717, 1.165) is 11.1 Å². The molecule has 3 rings (SSSR count). The summed E-state index contributed by atoms with van der Waals surface area (Å²) >= 11 is 5.84. The Morgan fingerprint density at radius 2 is 1.65 bits per heavy atom. The van der Waals surface area contributed by atoms with Gasteiger partial charge in [-0.05, 0) is 36.8 Å². The van der Waals surface area contributed by atoms with Gasteiger partial charge in [0.1, 0.15) is 0 Å². The zero-order valence-corrected chi connectivity index (χ0v) is 14.3. The quantitative estimate of drug-likeness (QED) is 0.885. The summed E-state index contributed by atoms with van der Waals surface area (Å²) in [6.07, 6.45) is 0. The molecule has 0 unspecified atom stereocenters. The van der Waals surface area contributed by atoms with Gasteiger partial charge in [-0.2, -0.15) is 0 Å². The Balaban J connectivity index is 2.01.